The molecule has 9 nitrogen and oxygen atoms in total. The molecule has 43 heavy (non-hydrogen) atoms. The number of hydrogen-bond acceptors (Lipinski definition) is 5. The number of anilines is 1. The first-order chi connectivity index (χ1) is 20.1. The number of aliphatic hydroxyl groups is 1. The molecule has 0 unspecified atom stereocenters. The van der Waals surface area contributed by atoms with Gasteiger partial charge in [-0.15, -0.1) is 0 Å². The van der Waals surface area contributed by atoms with E-state index in [1.807, 2.05) is 0 Å². The number of alkyl halides is 6. The van der Waals surface area contributed by atoms with E-state index in [1.54, 1.807) is 0 Å². The van der Waals surface area contributed by atoms with Crippen LogP contribution in [0.15, 0.2) is 42.5 Å². The molecule has 2 saturated heterocycles. The van der Waals surface area contributed by atoms with Gasteiger partial charge in [0.25, 0.3) is 11.5 Å². The summed E-state index contributed by atoms with van der Waals surface area (Å²) < 4.78 is 98.5. The van der Waals surface area contributed by atoms with Crippen LogP contribution >= 0.6 is 0 Å². The second kappa shape index (κ2) is 12.4. The van der Waals surface area contributed by atoms with Gasteiger partial charge < -0.3 is 30.3 Å². The Bertz CT molecular complexity index is 1330. The molecule has 0 spiro atoms. The van der Waals surface area contributed by atoms with Crippen LogP contribution in [0.5, 0.6) is 0 Å². The molecule has 0 radical (unpaired) electrons. The molecule has 16 heteroatoms. The Balaban J connectivity index is 1.34. The first-order valence-corrected chi connectivity index (χ1v) is 13.1. The van der Waals surface area contributed by atoms with Gasteiger partial charge in [0.1, 0.15) is 12.4 Å². The zero-order valence-corrected chi connectivity index (χ0v) is 22.4. The van der Waals surface area contributed by atoms with Crippen LogP contribution in [-0.4, -0.2) is 84.0 Å². The Morgan fingerprint density at radius 2 is 1.58 bits per heavy atom. The van der Waals surface area contributed by atoms with Gasteiger partial charge in [-0.25, -0.2) is 9.18 Å². The summed E-state index contributed by atoms with van der Waals surface area (Å²) in [5.41, 5.74) is -6.53. The fourth-order valence-electron chi connectivity index (χ4n) is 4.73. The Labute approximate surface area is 240 Å². The number of nitrogens with zero attached hydrogens (tertiary/aromatic N) is 2. The van der Waals surface area contributed by atoms with Gasteiger partial charge in [0.05, 0.1) is 5.69 Å². The highest BCUT2D eigenvalue weighted by Crippen LogP contribution is 2.50. The van der Waals surface area contributed by atoms with Crippen molar-refractivity contribution in [2.45, 2.75) is 43.4 Å². The second-order valence-electron chi connectivity index (χ2n) is 10.1. The van der Waals surface area contributed by atoms with Crippen LogP contribution in [0.2, 0.25) is 0 Å². The van der Waals surface area contributed by atoms with Crippen molar-refractivity contribution in [2.75, 3.05) is 38.2 Å². The van der Waals surface area contributed by atoms with Crippen molar-refractivity contribution in [3.63, 3.8) is 0 Å². The number of piperazine rings is 1. The molecule has 2 heterocycles. The van der Waals surface area contributed by atoms with Crippen molar-refractivity contribution in [1.82, 2.24) is 15.1 Å². The van der Waals surface area contributed by atoms with Gasteiger partial charge >= 0.3 is 18.4 Å². The summed E-state index contributed by atoms with van der Waals surface area (Å²) in [6.07, 6.45) is -10.8. The van der Waals surface area contributed by atoms with E-state index in [2.05, 4.69) is 10.6 Å². The molecule has 4 amide bonds. The third kappa shape index (κ3) is 7.01. The number of benzene rings is 2. The summed E-state index contributed by atoms with van der Waals surface area (Å²) in [5.74, 6) is -2.09. The molecule has 2 fully saturated rings. The lowest BCUT2D eigenvalue weighted by Gasteiger charge is -2.35. The Morgan fingerprint density at radius 1 is 0.953 bits per heavy atom. The number of hydrogen-bond donors (Lipinski definition) is 3. The number of urea groups is 1. The molecule has 3 N–H and O–H groups in total. The molecule has 0 saturated carbocycles. The van der Waals surface area contributed by atoms with Crippen LogP contribution in [0, 0.1) is 5.82 Å². The number of halogens is 7. The largest absolute Gasteiger partial charge is 0.430 e. The lowest BCUT2D eigenvalue weighted by molar-refractivity contribution is -0.376. The van der Waals surface area contributed by atoms with E-state index in [0.29, 0.717) is 38.2 Å². The molecule has 2 aliphatic heterocycles. The minimum atomic E-state index is -6.02. The summed E-state index contributed by atoms with van der Waals surface area (Å²) in [5, 5.41) is 14.6. The summed E-state index contributed by atoms with van der Waals surface area (Å²) in [6, 6.07) is 5.55. The third-order valence-corrected chi connectivity index (χ3v) is 7.19. The van der Waals surface area contributed by atoms with Gasteiger partial charge in [-0.1, -0.05) is 24.3 Å². The Kier molecular flexibility index (Phi) is 9.20. The van der Waals surface area contributed by atoms with Crippen molar-refractivity contribution >= 4 is 23.5 Å². The quantitative estimate of drug-likeness (QED) is 0.424. The monoisotopic (exact) mass is 620 g/mol. The normalized spacial score (nSPS) is 17.2. The van der Waals surface area contributed by atoms with E-state index < -0.39 is 53.7 Å². The molecule has 0 aromatic heterocycles. The SMILES string of the molecule is O=C(Nc1ccc(C(=O)N2CCN(Cc3ccc(C(O)(C(F)(F)F)C(F)(F)F)cc3)C(=O)C2)cc1F)NC1CCOCC1. The molecule has 2 aromatic rings. The maximum absolute atomic E-state index is 14.7. The first kappa shape index (κ1) is 32.0. The Morgan fingerprint density at radius 3 is 2.14 bits per heavy atom. The van der Waals surface area contributed by atoms with Crippen LogP contribution in [0.4, 0.5) is 41.2 Å². The van der Waals surface area contributed by atoms with E-state index in [4.69, 9.17) is 4.74 Å². The average molecular weight is 621 g/mol. The Hall–Kier alpha value is -3.92. The lowest BCUT2D eigenvalue weighted by Crippen LogP contribution is -2.54. The van der Waals surface area contributed by atoms with E-state index in [1.165, 1.54) is 17.0 Å². The number of ether oxygens (including phenoxy) is 1. The van der Waals surface area contributed by atoms with Crippen molar-refractivity contribution in [3.05, 3.63) is 65.0 Å². The van der Waals surface area contributed by atoms with Gasteiger partial charge in [0, 0.05) is 50.0 Å². The van der Waals surface area contributed by atoms with Crippen molar-refractivity contribution in [2.24, 2.45) is 0 Å². The van der Waals surface area contributed by atoms with Crippen LogP contribution in [0.3, 0.4) is 0 Å². The fraction of sp³-hybridized carbons (Fsp3) is 0.444. The van der Waals surface area contributed by atoms with E-state index in [-0.39, 0.29) is 42.5 Å². The maximum atomic E-state index is 14.7. The zero-order valence-electron chi connectivity index (χ0n) is 22.4. The highest BCUT2D eigenvalue weighted by Gasteiger charge is 2.71. The molecule has 4 rings (SSSR count). The minimum absolute atomic E-state index is 0.0136. The van der Waals surface area contributed by atoms with Crippen molar-refractivity contribution < 1.29 is 55.0 Å². The molecule has 0 atom stereocenters. The predicted octanol–water partition coefficient (Wildman–Crippen LogP) is 3.92. The van der Waals surface area contributed by atoms with Crippen molar-refractivity contribution in [3.8, 4) is 0 Å². The van der Waals surface area contributed by atoms with Crippen LogP contribution in [-0.2, 0) is 21.7 Å². The lowest BCUT2D eigenvalue weighted by atomic mass is 9.91. The summed E-state index contributed by atoms with van der Waals surface area (Å²) in [4.78, 5) is 40.2. The molecule has 2 aliphatic rings. The van der Waals surface area contributed by atoms with Gasteiger partial charge in [0.2, 0.25) is 5.91 Å². The predicted molar refractivity (Wildman–Crippen MR) is 136 cm³/mol. The topological polar surface area (TPSA) is 111 Å². The molecule has 0 aliphatic carbocycles. The first-order valence-electron chi connectivity index (χ1n) is 13.1. The van der Waals surface area contributed by atoms with Crippen LogP contribution in [0.1, 0.15) is 34.3 Å². The highest BCUT2D eigenvalue weighted by atomic mass is 19.4. The van der Waals surface area contributed by atoms with Gasteiger partial charge in [-0.2, -0.15) is 26.3 Å². The average Bonchev–Trinajstić information content (AvgIpc) is 2.94. The fourth-order valence-corrected chi connectivity index (χ4v) is 4.73. The summed E-state index contributed by atoms with van der Waals surface area (Å²) in [7, 11) is 0. The van der Waals surface area contributed by atoms with Gasteiger partial charge in [-0.3, -0.25) is 9.59 Å². The van der Waals surface area contributed by atoms with Crippen LogP contribution in [0.25, 0.3) is 0 Å². The maximum Gasteiger partial charge on any atom is 0.430 e. The number of rotatable bonds is 6. The van der Waals surface area contributed by atoms with E-state index in [0.717, 1.165) is 23.1 Å². The van der Waals surface area contributed by atoms with Crippen molar-refractivity contribution in [1.29, 1.82) is 0 Å². The van der Waals surface area contributed by atoms with E-state index in [9.17, 15) is 50.2 Å². The number of amides is 4. The summed E-state index contributed by atoms with van der Waals surface area (Å²) in [6.45, 7) is 0.413. The molecule has 0 bridgehead atoms. The number of carbonyl (C=O) groups is 3. The van der Waals surface area contributed by atoms with Crippen LogP contribution < -0.4 is 10.6 Å². The van der Waals surface area contributed by atoms with E-state index >= 15 is 0 Å². The third-order valence-electron chi connectivity index (χ3n) is 7.19. The minimum Gasteiger partial charge on any atom is -0.381 e. The molecule has 2 aromatic carbocycles. The highest BCUT2D eigenvalue weighted by molar-refractivity contribution is 5.98. The number of carbonyl (C=O) groups excluding carboxylic acids is 3. The molecule has 234 valence electrons. The molecular weight excluding hydrogens is 593 g/mol. The van der Waals surface area contributed by atoms with Gasteiger partial charge in [0.15, 0.2) is 0 Å². The standard InChI is InChI=1S/C27H27F7N4O5/c28-20-13-17(3-6-21(20)36-24(41)35-19-7-11-43-12-8-19)23(40)38-10-9-37(22(39)15-38)14-16-1-4-18(5-2-16)25(42,26(29,30)31)27(32,33)34/h1-6,13,19,42H,7-12,14-15H2,(H2,35,36,41). The number of nitrogens with one attached hydrogen (secondary N) is 2. The smallest absolute Gasteiger partial charge is 0.381 e. The van der Waals surface area contributed by atoms with Gasteiger partial charge in [-0.05, 0) is 36.6 Å². The zero-order chi connectivity index (χ0) is 31.6. The molecular formula is C27H27F7N4O5. The second-order valence-corrected chi connectivity index (χ2v) is 10.1. The summed E-state index contributed by atoms with van der Waals surface area (Å²) >= 11 is 0.